The zero-order valence-corrected chi connectivity index (χ0v) is 20.8. The van der Waals surface area contributed by atoms with Crippen molar-refractivity contribution in [2.24, 2.45) is 0 Å². The van der Waals surface area contributed by atoms with Crippen LogP contribution in [0.1, 0.15) is 68.8 Å². The molecular weight excluding hydrogens is 449 g/mol. The van der Waals surface area contributed by atoms with Crippen molar-refractivity contribution in [3.63, 3.8) is 0 Å². The number of ether oxygens (including phenoxy) is 2. The van der Waals surface area contributed by atoms with E-state index in [0.717, 1.165) is 0 Å². The van der Waals surface area contributed by atoms with Crippen LogP contribution in [0.3, 0.4) is 0 Å². The Hall–Kier alpha value is -2.30. The molecule has 1 aliphatic heterocycles. The van der Waals surface area contributed by atoms with Crippen molar-refractivity contribution in [1.29, 1.82) is 0 Å². The monoisotopic (exact) mass is 481 g/mol. The molecule has 1 aliphatic rings. The maximum Gasteiger partial charge on any atom is 0.283 e. The molecule has 0 unspecified atom stereocenters. The molecule has 1 aromatic heterocycles. The van der Waals surface area contributed by atoms with Crippen molar-refractivity contribution in [1.82, 2.24) is 14.5 Å². The summed E-state index contributed by atoms with van der Waals surface area (Å²) in [4.78, 5) is 12.9. The molecule has 1 saturated heterocycles. The second-order valence-electron chi connectivity index (χ2n) is 8.95. The lowest BCUT2D eigenvalue weighted by molar-refractivity contribution is -0.206. The van der Waals surface area contributed by atoms with Gasteiger partial charge in [-0.15, -0.1) is 0 Å². The first-order valence-corrected chi connectivity index (χ1v) is 12.5. The molecule has 33 heavy (non-hydrogen) atoms. The zero-order chi connectivity index (χ0) is 24.6. The quantitative estimate of drug-likeness (QED) is 0.591. The van der Waals surface area contributed by atoms with E-state index in [1.165, 1.54) is 25.3 Å². The van der Waals surface area contributed by atoms with Crippen LogP contribution in [-0.2, 0) is 42.9 Å². The molecule has 8 nitrogen and oxygen atoms in total. The summed E-state index contributed by atoms with van der Waals surface area (Å²) >= 11 is 0. The fourth-order valence-corrected chi connectivity index (χ4v) is 5.05. The van der Waals surface area contributed by atoms with E-state index in [2.05, 4.69) is 9.82 Å². The molecule has 10 heteroatoms. The van der Waals surface area contributed by atoms with Gasteiger partial charge >= 0.3 is 0 Å². The van der Waals surface area contributed by atoms with E-state index >= 15 is 0 Å². The summed E-state index contributed by atoms with van der Waals surface area (Å²) < 4.78 is 54.6. The minimum absolute atomic E-state index is 0.0321. The highest BCUT2D eigenvalue weighted by atomic mass is 32.2. The minimum atomic E-state index is -4.22. The predicted octanol–water partition coefficient (Wildman–Crippen LogP) is 3.21. The summed E-state index contributed by atoms with van der Waals surface area (Å²) in [6.07, 6.45) is -0.183. The minimum Gasteiger partial charge on any atom is -0.374 e. The number of benzene rings is 1. The summed E-state index contributed by atoms with van der Waals surface area (Å²) in [7, 11) is -2.69. The highest BCUT2D eigenvalue weighted by Gasteiger charge is 2.44. The number of aryl methyl sites for hydroxylation is 1. The number of hydrogen-bond acceptors (Lipinski definition) is 6. The zero-order valence-electron chi connectivity index (χ0n) is 19.9. The number of nitrogens with zero attached hydrogens (tertiary/aromatic N) is 2. The summed E-state index contributed by atoms with van der Waals surface area (Å²) in [6, 6.07) is 4.24. The Labute approximate surface area is 194 Å². The topological polar surface area (TPSA) is 99.5 Å². The van der Waals surface area contributed by atoms with Crippen LogP contribution in [-0.4, -0.2) is 44.4 Å². The van der Waals surface area contributed by atoms with Crippen LogP contribution < -0.4 is 4.72 Å². The highest BCUT2D eigenvalue weighted by molar-refractivity contribution is 7.90. The van der Waals surface area contributed by atoms with Crippen molar-refractivity contribution in [3.05, 3.63) is 46.4 Å². The Morgan fingerprint density at radius 1 is 1.21 bits per heavy atom. The molecule has 1 amide bonds. The van der Waals surface area contributed by atoms with E-state index in [4.69, 9.17) is 9.47 Å². The molecule has 3 rings (SSSR count). The number of nitrogens with one attached hydrogen (secondary N) is 1. The Morgan fingerprint density at radius 2 is 1.79 bits per heavy atom. The van der Waals surface area contributed by atoms with Gasteiger partial charge in [0.15, 0.2) is 10.6 Å². The molecular formula is C23H32FN3O5S. The lowest BCUT2D eigenvalue weighted by Gasteiger charge is -2.39. The van der Waals surface area contributed by atoms with Gasteiger partial charge in [0, 0.05) is 19.7 Å². The first-order valence-electron chi connectivity index (χ1n) is 11.0. The number of halogens is 1. The normalized spacial score (nSPS) is 15.7. The smallest absolute Gasteiger partial charge is 0.283 e. The summed E-state index contributed by atoms with van der Waals surface area (Å²) in [5.74, 6) is -1.14. The van der Waals surface area contributed by atoms with Crippen LogP contribution in [0, 0.1) is 5.82 Å². The lowest BCUT2D eigenvalue weighted by Crippen LogP contribution is -2.49. The highest BCUT2D eigenvalue weighted by Crippen LogP contribution is 2.34. The van der Waals surface area contributed by atoms with Gasteiger partial charge in [-0.3, -0.25) is 9.48 Å². The molecule has 0 aliphatic carbocycles. The van der Waals surface area contributed by atoms with Gasteiger partial charge in [-0.25, -0.2) is 9.11 Å². The number of carbonyl (C=O) groups is 1. The molecule has 2 aromatic rings. The van der Waals surface area contributed by atoms with Gasteiger partial charge in [-0.2, -0.15) is 13.5 Å². The molecule has 0 spiro atoms. The Bertz CT molecular complexity index is 1100. The maximum absolute atomic E-state index is 14.2. The molecule has 1 aromatic carbocycles. The van der Waals surface area contributed by atoms with E-state index < -0.39 is 21.5 Å². The fourth-order valence-electron chi connectivity index (χ4n) is 4.10. The third-order valence-corrected chi connectivity index (χ3v) is 7.22. The Morgan fingerprint density at radius 3 is 2.21 bits per heavy atom. The molecule has 2 heterocycles. The number of amides is 1. The van der Waals surface area contributed by atoms with Gasteiger partial charge in [0.1, 0.15) is 5.82 Å². The van der Waals surface area contributed by atoms with Crippen molar-refractivity contribution in [2.75, 3.05) is 20.3 Å². The lowest BCUT2D eigenvalue weighted by atomic mass is 9.87. The van der Waals surface area contributed by atoms with E-state index in [1.54, 1.807) is 4.68 Å². The van der Waals surface area contributed by atoms with E-state index in [1.807, 2.05) is 34.6 Å². The number of carbonyl (C=O) groups excluding carboxylic acids is 1. The maximum atomic E-state index is 14.2. The summed E-state index contributed by atoms with van der Waals surface area (Å²) in [5.41, 5.74) is 1.85. The summed E-state index contributed by atoms with van der Waals surface area (Å²) in [5, 5.41) is 3.93. The number of aromatic nitrogens is 2. The number of rotatable bonds is 9. The Kier molecular flexibility index (Phi) is 7.30. The summed E-state index contributed by atoms with van der Waals surface area (Å²) in [6.45, 7) is 10.5. The van der Waals surface area contributed by atoms with Crippen molar-refractivity contribution in [3.8, 4) is 0 Å². The fraction of sp³-hybridized carbons (Fsp3) is 0.565. The average molecular weight is 482 g/mol. The van der Waals surface area contributed by atoms with Crippen molar-refractivity contribution >= 4 is 15.9 Å². The van der Waals surface area contributed by atoms with Crippen LogP contribution in [0.25, 0.3) is 0 Å². The molecule has 1 N–H and O–H groups in total. The van der Waals surface area contributed by atoms with Crippen molar-refractivity contribution in [2.45, 2.75) is 70.0 Å². The molecule has 0 saturated carbocycles. The van der Waals surface area contributed by atoms with Gasteiger partial charge in [0.05, 0.1) is 25.3 Å². The second-order valence-corrected chi connectivity index (χ2v) is 10.6. The molecule has 0 bridgehead atoms. The van der Waals surface area contributed by atoms with Gasteiger partial charge in [-0.1, -0.05) is 27.7 Å². The van der Waals surface area contributed by atoms with Crippen LogP contribution in [0.2, 0.25) is 0 Å². The average Bonchev–Trinajstić information content (AvgIpc) is 3.13. The molecule has 1 fully saturated rings. The van der Waals surface area contributed by atoms with E-state index in [9.17, 15) is 17.6 Å². The number of sulfonamides is 1. The molecule has 0 radical (unpaired) electrons. The van der Waals surface area contributed by atoms with Crippen LogP contribution in [0.5, 0.6) is 0 Å². The molecule has 182 valence electrons. The largest absolute Gasteiger partial charge is 0.374 e. The SMILES string of the molecule is CCn1nc(S(=O)(=O)NC(=O)Cc2c(C(C)C)cc(F)cc2C(C)C)cc1C1(OC)COC1. The third kappa shape index (κ3) is 4.97. The van der Waals surface area contributed by atoms with Crippen LogP contribution in [0.15, 0.2) is 23.2 Å². The van der Waals surface area contributed by atoms with Crippen LogP contribution in [0.4, 0.5) is 4.39 Å². The van der Waals surface area contributed by atoms with Gasteiger partial charge in [-0.05, 0) is 47.6 Å². The molecule has 0 atom stereocenters. The first kappa shape index (κ1) is 25.3. The predicted molar refractivity (Wildman–Crippen MR) is 121 cm³/mol. The van der Waals surface area contributed by atoms with Crippen molar-refractivity contribution < 1.29 is 27.1 Å². The second kappa shape index (κ2) is 9.52. The van der Waals surface area contributed by atoms with E-state index in [-0.39, 0.29) is 29.1 Å². The Balaban J connectivity index is 1.89. The number of hydrogen-bond donors (Lipinski definition) is 1. The van der Waals surface area contributed by atoms with Gasteiger partial charge in [0.2, 0.25) is 5.91 Å². The number of methoxy groups -OCH3 is 1. The third-order valence-electron chi connectivity index (χ3n) is 5.97. The van der Waals surface area contributed by atoms with E-state index in [0.29, 0.717) is 42.1 Å². The van der Waals surface area contributed by atoms with Crippen LogP contribution >= 0.6 is 0 Å². The first-order chi connectivity index (χ1) is 15.4. The standard InChI is InChI=1S/C23H32FN3O5S/c1-7-27-20(23(31-6)12-32-13-23)11-22(25-27)33(29,30)26-21(28)10-19-17(14(2)3)8-16(24)9-18(19)15(4)5/h8-9,11,14-15H,7,10,12-13H2,1-6H3,(H,26,28). The van der Waals surface area contributed by atoms with Gasteiger partial charge in [0.25, 0.3) is 10.0 Å². The van der Waals surface area contributed by atoms with Gasteiger partial charge < -0.3 is 9.47 Å².